The van der Waals surface area contributed by atoms with Gasteiger partial charge in [-0.3, -0.25) is 4.79 Å². The van der Waals surface area contributed by atoms with E-state index in [-0.39, 0.29) is 12.6 Å². The molecular weight excluding hydrogens is 264 g/mol. The van der Waals surface area contributed by atoms with Crippen molar-refractivity contribution < 1.29 is 29.3 Å². The highest BCUT2D eigenvalue weighted by Crippen LogP contribution is 2.06. The number of aliphatic hydroxyl groups excluding tert-OH is 2. The first kappa shape index (κ1) is 18.6. The summed E-state index contributed by atoms with van der Waals surface area (Å²) in [6, 6.07) is 0. The number of hydrogen-bond donors (Lipinski definition) is 2. The molecule has 0 radical (unpaired) electrons. The second kappa shape index (κ2) is 12.6. The number of esters is 2. The average molecular weight is 288 g/mol. The van der Waals surface area contributed by atoms with Crippen LogP contribution >= 0.6 is 0 Å². The summed E-state index contributed by atoms with van der Waals surface area (Å²) in [5.74, 6) is -0.708. The Kier molecular flexibility index (Phi) is 11.7. The van der Waals surface area contributed by atoms with Crippen molar-refractivity contribution in [3.8, 4) is 0 Å². The van der Waals surface area contributed by atoms with Crippen LogP contribution in [0.2, 0.25) is 0 Å². The summed E-state index contributed by atoms with van der Waals surface area (Å²) in [4.78, 5) is 22.0. The summed E-state index contributed by atoms with van der Waals surface area (Å²) in [5, 5.41) is 17.5. The van der Waals surface area contributed by atoms with Gasteiger partial charge in [0.2, 0.25) is 0 Å². The molecule has 0 heterocycles. The van der Waals surface area contributed by atoms with Gasteiger partial charge in [-0.05, 0) is 19.3 Å². The first-order valence-corrected chi connectivity index (χ1v) is 6.79. The van der Waals surface area contributed by atoms with E-state index in [1.165, 1.54) is 13.2 Å². The number of ether oxygens (including phenoxy) is 2. The summed E-state index contributed by atoms with van der Waals surface area (Å²) >= 11 is 0. The van der Waals surface area contributed by atoms with Gasteiger partial charge in [0.25, 0.3) is 0 Å². The van der Waals surface area contributed by atoms with Crippen LogP contribution in [0.25, 0.3) is 0 Å². The zero-order valence-electron chi connectivity index (χ0n) is 11.9. The van der Waals surface area contributed by atoms with Crippen LogP contribution in [0.1, 0.15) is 38.5 Å². The van der Waals surface area contributed by atoms with Crippen LogP contribution in [0, 0.1) is 0 Å². The van der Waals surface area contributed by atoms with Crippen molar-refractivity contribution in [3.05, 3.63) is 12.2 Å². The fraction of sp³-hybridized carbons (Fsp3) is 0.714. The lowest BCUT2D eigenvalue weighted by Gasteiger charge is -2.05. The van der Waals surface area contributed by atoms with Crippen LogP contribution in [0.15, 0.2) is 12.2 Å². The SMILES string of the molecule is COC(=O)CCCCCC/C=C/C(=O)OCC(O)CO. The van der Waals surface area contributed by atoms with Crippen LogP contribution in [0.5, 0.6) is 0 Å². The summed E-state index contributed by atoms with van der Waals surface area (Å²) in [5.41, 5.74) is 0. The van der Waals surface area contributed by atoms with Crippen molar-refractivity contribution >= 4 is 11.9 Å². The van der Waals surface area contributed by atoms with Crippen molar-refractivity contribution in [2.45, 2.75) is 44.6 Å². The van der Waals surface area contributed by atoms with E-state index in [1.54, 1.807) is 6.08 Å². The van der Waals surface area contributed by atoms with Gasteiger partial charge in [0.15, 0.2) is 0 Å². The predicted molar refractivity (Wildman–Crippen MR) is 72.9 cm³/mol. The molecule has 1 unspecified atom stereocenters. The van der Waals surface area contributed by atoms with Crippen LogP contribution in [-0.2, 0) is 19.1 Å². The maximum Gasteiger partial charge on any atom is 0.330 e. The lowest BCUT2D eigenvalue weighted by molar-refractivity contribution is -0.142. The monoisotopic (exact) mass is 288 g/mol. The Morgan fingerprint density at radius 1 is 1.20 bits per heavy atom. The van der Waals surface area contributed by atoms with E-state index in [2.05, 4.69) is 4.74 Å². The summed E-state index contributed by atoms with van der Waals surface area (Å²) in [6.45, 7) is -0.629. The fourth-order valence-electron chi connectivity index (χ4n) is 1.45. The standard InChI is InChI=1S/C14H24O6/c1-19-13(17)8-6-4-2-3-5-7-9-14(18)20-11-12(16)10-15/h7,9,12,15-16H,2-6,8,10-11H2,1H3/b9-7+. The molecule has 0 saturated carbocycles. The third kappa shape index (κ3) is 11.7. The minimum absolute atomic E-state index is 0.183. The highest BCUT2D eigenvalue weighted by Gasteiger charge is 2.04. The molecule has 0 aromatic heterocycles. The molecular formula is C14H24O6. The molecule has 0 aliphatic heterocycles. The van der Waals surface area contributed by atoms with Gasteiger partial charge in [-0.1, -0.05) is 18.9 Å². The molecule has 1 atom stereocenters. The smallest absolute Gasteiger partial charge is 0.330 e. The van der Waals surface area contributed by atoms with Gasteiger partial charge < -0.3 is 19.7 Å². The van der Waals surface area contributed by atoms with E-state index in [0.717, 1.165) is 32.1 Å². The maximum atomic E-state index is 11.2. The van der Waals surface area contributed by atoms with E-state index in [1.807, 2.05) is 0 Å². The van der Waals surface area contributed by atoms with Gasteiger partial charge >= 0.3 is 11.9 Å². The molecule has 0 fully saturated rings. The van der Waals surface area contributed by atoms with Gasteiger partial charge in [-0.25, -0.2) is 4.79 Å². The molecule has 20 heavy (non-hydrogen) atoms. The number of methoxy groups -OCH3 is 1. The van der Waals surface area contributed by atoms with Crippen LogP contribution in [0.3, 0.4) is 0 Å². The number of carbonyl (C=O) groups is 2. The molecule has 0 spiro atoms. The minimum Gasteiger partial charge on any atom is -0.469 e. The van der Waals surface area contributed by atoms with Gasteiger partial charge in [-0.15, -0.1) is 0 Å². The van der Waals surface area contributed by atoms with E-state index >= 15 is 0 Å². The second-order valence-corrected chi connectivity index (χ2v) is 4.40. The van der Waals surface area contributed by atoms with E-state index in [4.69, 9.17) is 14.9 Å². The Morgan fingerprint density at radius 3 is 2.55 bits per heavy atom. The Balaban J connectivity index is 3.43. The maximum absolute atomic E-state index is 11.2. The average Bonchev–Trinajstić information content (AvgIpc) is 2.46. The zero-order valence-corrected chi connectivity index (χ0v) is 11.9. The lowest BCUT2D eigenvalue weighted by atomic mass is 10.1. The fourth-order valence-corrected chi connectivity index (χ4v) is 1.45. The molecule has 0 aliphatic rings. The molecule has 0 amide bonds. The summed E-state index contributed by atoms with van der Waals surface area (Å²) in [6.07, 6.45) is 6.91. The largest absolute Gasteiger partial charge is 0.469 e. The number of aliphatic hydroxyl groups is 2. The molecule has 0 saturated heterocycles. The number of rotatable bonds is 11. The Labute approximate surface area is 119 Å². The minimum atomic E-state index is -1.03. The van der Waals surface area contributed by atoms with E-state index in [9.17, 15) is 9.59 Å². The van der Waals surface area contributed by atoms with Crippen molar-refractivity contribution in [1.82, 2.24) is 0 Å². The topological polar surface area (TPSA) is 93.1 Å². The molecule has 6 nitrogen and oxygen atoms in total. The summed E-state index contributed by atoms with van der Waals surface area (Å²) in [7, 11) is 1.38. The molecule has 0 aromatic rings. The van der Waals surface area contributed by atoms with Gasteiger partial charge in [-0.2, -0.15) is 0 Å². The highest BCUT2D eigenvalue weighted by molar-refractivity contribution is 5.81. The van der Waals surface area contributed by atoms with Crippen LogP contribution in [0.4, 0.5) is 0 Å². The lowest BCUT2D eigenvalue weighted by Crippen LogP contribution is -2.21. The number of hydrogen-bond acceptors (Lipinski definition) is 6. The van der Waals surface area contributed by atoms with E-state index < -0.39 is 18.7 Å². The number of unbranched alkanes of at least 4 members (excludes halogenated alkanes) is 4. The molecule has 0 aromatic carbocycles. The normalized spacial score (nSPS) is 12.3. The third-order valence-corrected chi connectivity index (χ3v) is 2.61. The number of carbonyl (C=O) groups excluding carboxylic acids is 2. The molecule has 0 aliphatic carbocycles. The Morgan fingerprint density at radius 2 is 1.90 bits per heavy atom. The van der Waals surface area contributed by atoms with Crippen molar-refractivity contribution in [3.63, 3.8) is 0 Å². The second-order valence-electron chi connectivity index (χ2n) is 4.40. The highest BCUT2D eigenvalue weighted by atomic mass is 16.5. The quantitative estimate of drug-likeness (QED) is 0.334. The van der Waals surface area contributed by atoms with Crippen LogP contribution in [-0.4, -0.2) is 48.6 Å². The van der Waals surface area contributed by atoms with Gasteiger partial charge in [0.1, 0.15) is 12.7 Å². The molecule has 2 N–H and O–H groups in total. The van der Waals surface area contributed by atoms with Crippen LogP contribution < -0.4 is 0 Å². The first-order valence-electron chi connectivity index (χ1n) is 6.79. The van der Waals surface area contributed by atoms with Gasteiger partial charge in [0.05, 0.1) is 13.7 Å². The Bertz CT molecular complexity index is 300. The molecule has 0 bridgehead atoms. The third-order valence-electron chi connectivity index (χ3n) is 2.61. The van der Waals surface area contributed by atoms with Crippen molar-refractivity contribution in [2.75, 3.05) is 20.3 Å². The summed E-state index contributed by atoms with van der Waals surface area (Å²) < 4.78 is 9.23. The van der Waals surface area contributed by atoms with Crippen molar-refractivity contribution in [2.24, 2.45) is 0 Å². The first-order chi connectivity index (χ1) is 9.60. The van der Waals surface area contributed by atoms with Gasteiger partial charge in [0, 0.05) is 12.5 Å². The molecule has 116 valence electrons. The Hall–Kier alpha value is -1.40. The predicted octanol–water partition coefficient (Wildman–Crippen LogP) is 0.953. The molecule has 0 rings (SSSR count). The van der Waals surface area contributed by atoms with E-state index in [0.29, 0.717) is 6.42 Å². The molecule has 6 heteroatoms. The van der Waals surface area contributed by atoms with Crippen molar-refractivity contribution in [1.29, 1.82) is 0 Å². The number of allylic oxidation sites excluding steroid dienone is 1. The zero-order chi connectivity index (χ0) is 15.2.